The van der Waals surface area contributed by atoms with Crippen LogP contribution in [-0.4, -0.2) is 41.3 Å². The Labute approximate surface area is 127 Å². The van der Waals surface area contributed by atoms with Crippen LogP contribution in [-0.2, 0) is 14.3 Å². The molecule has 0 atom stereocenters. The molecule has 0 unspecified atom stereocenters. The van der Waals surface area contributed by atoms with Crippen LogP contribution < -0.4 is 0 Å². The van der Waals surface area contributed by atoms with Gasteiger partial charge in [0.25, 0.3) is 0 Å². The third kappa shape index (κ3) is 5.40. The molecule has 1 saturated heterocycles. The van der Waals surface area contributed by atoms with Gasteiger partial charge in [-0.15, -0.1) is 0 Å². The lowest BCUT2D eigenvalue weighted by atomic mass is 9.87. The summed E-state index contributed by atoms with van der Waals surface area (Å²) in [6.45, 7) is 12.2. The van der Waals surface area contributed by atoms with Crippen molar-refractivity contribution in [3.05, 3.63) is 11.6 Å². The summed E-state index contributed by atoms with van der Waals surface area (Å²) >= 11 is 0. The molecule has 1 amide bonds. The molecule has 0 aromatic rings. The van der Waals surface area contributed by atoms with Gasteiger partial charge in [0, 0.05) is 18.2 Å². The number of ether oxygens (including phenoxy) is 2. The fourth-order valence-electron chi connectivity index (χ4n) is 2.43. The van der Waals surface area contributed by atoms with Crippen LogP contribution >= 0.6 is 0 Å². The van der Waals surface area contributed by atoms with Crippen molar-refractivity contribution in [2.75, 3.05) is 13.2 Å². The highest BCUT2D eigenvalue weighted by Crippen LogP contribution is 2.32. The van der Waals surface area contributed by atoms with E-state index in [0.29, 0.717) is 26.0 Å². The number of likely N-dealkylation sites (tertiary alicyclic amines) is 1. The van der Waals surface area contributed by atoms with Crippen LogP contribution in [0.1, 0.15) is 54.4 Å². The van der Waals surface area contributed by atoms with Crippen LogP contribution in [0.4, 0.5) is 4.79 Å². The monoisotopic (exact) mass is 297 g/mol. The molecule has 1 heterocycles. The van der Waals surface area contributed by atoms with Gasteiger partial charge in [0.2, 0.25) is 0 Å². The Bertz CT molecular complexity index is 432. The van der Waals surface area contributed by atoms with Crippen LogP contribution in [0.25, 0.3) is 0 Å². The quantitative estimate of drug-likeness (QED) is 0.580. The van der Waals surface area contributed by atoms with E-state index in [-0.39, 0.29) is 17.6 Å². The van der Waals surface area contributed by atoms with Crippen molar-refractivity contribution in [1.29, 1.82) is 0 Å². The third-order valence-corrected chi connectivity index (χ3v) is 3.27. The Morgan fingerprint density at radius 2 is 1.95 bits per heavy atom. The Hall–Kier alpha value is -1.52. The lowest BCUT2D eigenvalue weighted by Gasteiger charge is -2.43. The zero-order chi connectivity index (χ0) is 16.3. The molecular formula is C16H27NO4. The zero-order valence-corrected chi connectivity index (χ0v) is 14.0. The first-order valence-electron chi connectivity index (χ1n) is 7.42. The Balaban J connectivity index is 2.75. The minimum absolute atomic E-state index is 0.303. The molecule has 1 rings (SSSR count). The molecule has 0 bridgehead atoms. The normalized spacial score (nSPS) is 20.3. The molecule has 1 fully saturated rings. The standard InChI is InChI=1S/C16H27NO4/c1-7-20-13(18)10-12-8-9-17(16(5,6)11-12)14(19)21-15(2,3)4/h10H,7-9,11H2,1-6H3/b12-10+. The van der Waals surface area contributed by atoms with E-state index in [4.69, 9.17) is 9.47 Å². The van der Waals surface area contributed by atoms with Crippen molar-refractivity contribution < 1.29 is 19.1 Å². The molecule has 0 radical (unpaired) electrons. The van der Waals surface area contributed by atoms with E-state index in [2.05, 4.69) is 0 Å². The smallest absolute Gasteiger partial charge is 0.410 e. The first-order valence-corrected chi connectivity index (χ1v) is 7.42. The maximum Gasteiger partial charge on any atom is 0.410 e. The molecule has 5 heteroatoms. The predicted octanol–water partition coefficient (Wildman–Crippen LogP) is 3.29. The van der Waals surface area contributed by atoms with Crippen LogP contribution in [0.15, 0.2) is 11.6 Å². The van der Waals surface area contributed by atoms with Crippen LogP contribution in [0.2, 0.25) is 0 Å². The Morgan fingerprint density at radius 1 is 1.33 bits per heavy atom. The first kappa shape index (κ1) is 17.5. The Morgan fingerprint density at radius 3 is 2.43 bits per heavy atom. The van der Waals surface area contributed by atoms with E-state index in [1.807, 2.05) is 34.6 Å². The van der Waals surface area contributed by atoms with Crippen LogP contribution in [0.5, 0.6) is 0 Å². The fraction of sp³-hybridized carbons (Fsp3) is 0.750. The second kappa shape index (κ2) is 6.50. The molecule has 0 spiro atoms. The van der Waals surface area contributed by atoms with Crippen molar-refractivity contribution in [2.24, 2.45) is 0 Å². The van der Waals surface area contributed by atoms with Gasteiger partial charge in [-0.25, -0.2) is 9.59 Å². The number of carbonyl (C=O) groups is 2. The maximum absolute atomic E-state index is 12.3. The average Bonchev–Trinajstić information content (AvgIpc) is 2.24. The SMILES string of the molecule is CCOC(=O)/C=C1\CCN(C(=O)OC(C)(C)C)C(C)(C)C1. The average molecular weight is 297 g/mol. The fourth-order valence-corrected chi connectivity index (χ4v) is 2.43. The summed E-state index contributed by atoms with van der Waals surface area (Å²) in [5.41, 5.74) is 0.130. The lowest BCUT2D eigenvalue weighted by Crippen LogP contribution is -2.52. The van der Waals surface area contributed by atoms with E-state index in [9.17, 15) is 9.59 Å². The van der Waals surface area contributed by atoms with Crippen molar-refractivity contribution in [3.8, 4) is 0 Å². The molecule has 0 aliphatic carbocycles. The minimum atomic E-state index is -0.506. The van der Waals surface area contributed by atoms with E-state index in [1.54, 1.807) is 17.9 Å². The van der Waals surface area contributed by atoms with Crippen LogP contribution in [0.3, 0.4) is 0 Å². The number of rotatable bonds is 2. The molecule has 0 N–H and O–H groups in total. The van der Waals surface area contributed by atoms with Crippen molar-refractivity contribution in [2.45, 2.75) is 65.5 Å². The highest BCUT2D eigenvalue weighted by molar-refractivity contribution is 5.83. The van der Waals surface area contributed by atoms with E-state index < -0.39 is 5.60 Å². The van der Waals surface area contributed by atoms with Gasteiger partial charge in [-0.2, -0.15) is 0 Å². The summed E-state index contributed by atoms with van der Waals surface area (Å²) in [5.74, 6) is -0.311. The lowest BCUT2D eigenvalue weighted by molar-refractivity contribution is -0.137. The van der Waals surface area contributed by atoms with Gasteiger partial charge in [0.05, 0.1) is 6.61 Å². The molecule has 1 aliphatic rings. The molecule has 0 saturated carbocycles. The summed E-state index contributed by atoms with van der Waals surface area (Å²) in [7, 11) is 0. The van der Waals surface area contributed by atoms with Crippen molar-refractivity contribution >= 4 is 12.1 Å². The highest BCUT2D eigenvalue weighted by atomic mass is 16.6. The summed E-state index contributed by atoms with van der Waals surface area (Å²) < 4.78 is 10.4. The second-order valence-electron chi connectivity index (χ2n) is 6.93. The van der Waals surface area contributed by atoms with E-state index >= 15 is 0 Å². The topological polar surface area (TPSA) is 55.8 Å². The number of amides is 1. The van der Waals surface area contributed by atoms with Gasteiger partial charge in [-0.3, -0.25) is 0 Å². The van der Waals surface area contributed by atoms with Gasteiger partial charge in [-0.05, 0) is 54.4 Å². The van der Waals surface area contributed by atoms with Gasteiger partial charge >= 0.3 is 12.1 Å². The third-order valence-electron chi connectivity index (χ3n) is 3.27. The van der Waals surface area contributed by atoms with E-state index in [1.165, 1.54) is 0 Å². The van der Waals surface area contributed by atoms with Gasteiger partial charge < -0.3 is 14.4 Å². The minimum Gasteiger partial charge on any atom is -0.463 e. The first-order chi connectivity index (χ1) is 9.55. The van der Waals surface area contributed by atoms with Gasteiger partial charge in [-0.1, -0.05) is 5.57 Å². The van der Waals surface area contributed by atoms with Crippen LogP contribution in [0, 0.1) is 0 Å². The summed E-state index contributed by atoms with van der Waals surface area (Å²) in [4.78, 5) is 25.5. The number of hydrogen-bond donors (Lipinski definition) is 0. The molecule has 0 aromatic heterocycles. The molecule has 21 heavy (non-hydrogen) atoms. The number of hydrogen-bond acceptors (Lipinski definition) is 4. The van der Waals surface area contributed by atoms with E-state index in [0.717, 1.165) is 5.57 Å². The maximum atomic E-state index is 12.3. The van der Waals surface area contributed by atoms with Gasteiger partial charge in [0.15, 0.2) is 0 Å². The molecular weight excluding hydrogens is 270 g/mol. The molecule has 5 nitrogen and oxygen atoms in total. The Kier molecular flexibility index (Phi) is 5.42. The van der Waals surface area contributed by atoms with Crippen molar-refractivity contribution in [1.82, 2.24) is 4.90 Å². The molecule has 0 aromatic carbocycles. The zero-order valence-electron chi connectivity index (χ0n) is 14.0. The highest BCUT2D eigenvalue weighted by Gasteiger charge is 2.37. The molecule has 1 aliphatic heterocycles. The predicted molar refractivity (Wildman–Crippen MR) is 81.0 cm³/mol. The summed E-state index contributed by atoms with van der Waals surface area (Å²) in [6.07, 6.45) is 2.56. The second-order valence-corrected chi connectivity index (χ2v) is 6.93. The summed E-state index contributed by atoms with van der Waals surface area (Å²) in [5, 5.41) is 0. The number of esters is 1. The number of carbonyl (C=O) groups excluding carboxylic acids is 2. The van der Waals surface area contributed by atoms with Crippen molar-refractivity contribution in [3.63, 3.8) is 0 Å². The van der Waals surface area contributed by atoms with Gasteiger partial charge in [0.1, 0.15) is 5.60 Å². The molecule has 120 valence electrons. The number of piperidine rings is 1. The number of nitrogens with zero attached hydrogens (tertiary/aromatic N) is 1. The largest absolute Gasteiger partial charge is 0.463 e. The summed E-state index contributed by atoms with van der Waals surface area (Å²) in [6, 6.07) is 0.